The Morgan fingerprint density at radius 3 is 1.51 bits per heavy atom. The molecule has 0 unspecified atom stereocenters. The van der Waals surface area contributed by atoms with Crippen molar-refractivity contribution in [2.45, 2.75) is 121 Å². The molecule has 0 spiro atoms. The minimum absolute atomic E-state index is 0.0540. The summed E-state index contributed by atoms with van der Waals surface area (Å²) in [5.41, 5.74) is 11.2. The summed E-state index contributed by atoms with van der Waals surface area (Å²) >= 11 is 0. The van der Waals surface area contributed by atoms with Gasteiger partial charge in [0.15, 0.2) is 6.04 Å². The number of carbonyl (C=O) groups excluding carboxylic acids is 6. The van der Waals surface area contributed by atoms with Crippen molar-refractivity contribution in [3.8, 4) is 0 Å². The highest BCUT2D eigenvalue weighted by Crippen LogP contribution is 2.08. The first-order chi connectivity index (χ1) is 24.7. The molecule has 0 aromatic carbocycles. The quantitative estimate of drug-likeness (QED) is 0.0368. The number of aliphatic hydroxyl groups excluding tert-OH is 2. The molecule has 53 heavy (non-hydrogen) atoms. The van der Waals surface area contributed by atoms with Crippen LogP contribution in [0, 0.1) is 5.92 Å². The van der Waals surface area contributed by atoms with Crippen LogP contribution in [0.15, 0.2) is 0 Å². The molecule has 0 aliphatic heterocycles. The normalized spacial score (nSPS) is 15.6. The number of carboxylic acids is 3. The largest absolute Gasteiger partial charge is 0.481 e. The van der Waals surface area contributed by atoms with E-state index in [0.717, 1.165) is 6.92 Å². The molecule has 15 N–H and O–H groups in total. The molecule has 6 amide bonds. The van der Waals surface area contributed by atoms with E-state index in [1.54, 1.807) is 13.8 Å². The lowest BCUT2D eigenvalue weighted by atomic mass is 10.0. The lowest BCUT2D eigenvalue weighted by molar-refractivity contribution is -0.145. The van der Waals surface area contributed by atoms with Crippen LogP contribution in [0.4, 0.5) is 0 Å². The Balaban J connectivity index is 5.83. The Kier molecular flexibility index (Phi) is 22.1. The number of hydrogen-bond donors (Lipinski definition) is 13. The molecule has 0 saturated carbocycles. The van der Waals surface area contributed by atoms with Gasteiger partial charge in [-0.05, 0) is 58.4 Å². The maximum atomic E-state index is 13.3. The number of hydrogen-bond acceptors (Lipinski definition) is 13. The molecule has 0 saturated heterocycles. The van der Waals surface area contributed by atoms with Crippen LogP contribution in [0.25, 0.3) is 0 Å². The molecular weight excluding hydrogens is 708 g/mol. The number of nitrogens with one attached hydrogen (secondary N) is 6. The summed E-state index contributed by atoms with van der Waals surface area (Å²) in [7, 11) is 0. The Morgan fingerprint density at radius 1 is 0.566 bits per heavy atom. The van der Waals surface area contributed by atoms with Gasteiger partial charge in [-0.2, -0.15) is 0 Å². The number of aliphatic hydroxyl groups is 2. The van der Waals surface area contributed by atoms with Gasteiger partial charge in [0.2, 0.25) is 35.4 Å². The third kappa shape index (κ3) is 18.4. The number of rotatable bonds is 26. The fourth-order valence-corrected chi connectivity index (χ4v) is 4.55. The molecule has 302 valence electrons. The average molecular weight is 763 g/mol. The number of unbranched alkanes of at least 4 members (excludes halogenated alkanes) is 1. The zero-order valence-corrected chi connectivity index (χ0v) is 30.1. The van der Waals surface area contributed by atoms with Gasteiger partial charge in [-0.25, -0.2) is 4.79 Å². The number of amides is 6. The van der Waals surface area contributed by atoms with Crippen LogP contribution in [0.5, 0.6) is 0 Å². The summed E-state index contributed by atoms with van der Waals surface area (Å²) in [5, 5.41) is 60.5. The van der Waals surface area contributed by atoms with Crippen LogP contribution in [-0.2, 0) is 43.2 Å². The molecule has 0 aromatic rings. The molecule has 0 aromatic heterocycles. The first kappa shape index (κ1) is 48.1. The van der Waals surface area contributed by atoms with Gasteiger partial charge in [0.25, 0.3) is 0 Å². The molecular formula is C31H54N8O14. The van der Waals surface area contributed by atoms with E-state index in [-0.39, 0.29) is 25.8 Å². The third-order valence-electron chi connectivity index (χ3n) is 7.73. The van der Waals surface area contributed by atoms with E-state index in [1.165, 1.54) is 6.92 Å². The predicted octanol–water partition coefficient (Wildman–Crippen LogP) is -4.79. The van der Waals surface area contributed by atoms with E-state index in [9.17, 15) is 58.5 Å². The van der Waals surface area contributed by atoms with E-state index >= 15 is 0 Å². The number of carbonyl (C=O) groups is 9. The van der Waals surface area contributed by atoms with Gasteiger partial charge in [-0.1, -0.05) is 13.8 Å². The highest BCUT2D eigenvalue weighted by Gasteiger charge is 2.34. The second kappa shape index (κ2) is 24.3. The van der Waals surface area contributed by atoms with E-state index in [0.29, 0.717) is 6.42 Å². The Labute approximate surface area is 305 Å². The van der Waals surface area contributed by atoms with Gasteiger partial charge in [0.05, 0.1) is 18.8 Å². The maximum Gasteiger partial charge on any atom is 0.328 e. The molecule has 0 aliphatic rings. The van der Waals surface area contributed by atoms with Crippen molar-refractivity contribution in [1.29, 1.82) is 0 Å². The van der Waals surface area contributed by atoms with Gasteiger partial charge in [-0.3, -0.25) is 38.4 Å². The first-order valence-corrected chi connectivity index (χ1v) is 16.9. The molecule has 22 heteroatoms. The molecule has 0 fully saturated rings. The van der Waals surface area contributed by atoms with Gasteiger partial charge in [-0.15, -0.1) is 0 Å². The summed E-state index contributed by atoms with van der Waals surface area (Å²) in [6.07, 6.45) is -2.59. The van der Waals surface area contributed by atoms with Crippen molar-refractivity contribution in [3.05, 3.63) is 0 Å². The number of carboxylic acid groups (broad SMARTS) is 3. The fraction of sp³-hybridized carbons (Fsp3) is 0.710. The van der Waals surface area contributed by atoms with E-state index in [4.69, 9.17) is 21.7 Å². The Morgan fingerprint density at radius 2 is 1.04 bits per heavy atom. The van der Waals surface area contributed by atoms with Crippen LogP contribution in [0.1, 0.15) is 72.6 Å². The highest BCUT2D eigenvalue weighted by molar-refractivity contribution is 5.97. The topological polar surface area (TPSA) is 379 Å². The van der Waals surface area contributed by atoms with Gasteiger partial charge < -0.3 is 68.9 Å². The molecule has 0 aliphatic carbocycles. The molecule has 0 heterocycles. The molecule has 0 radical (unpaired) electrons. The third-order valence-corrected chi connectivity index (χ3v) is 7.73. The maximum absolute atomic E-state index is 13.3. The Bertz CT molecular complexity index is 1300. The van der Waals surface area contributed by atoms with Gasteiger partial charge >= 0.3 is 17.9 Å². The minimum Gasteiger partial charge on any atom is -0.481 e. The number of aliphatic carboxylic acids is 3. The van der Waals surface area contributed by atoms with Crippen LogP contribution in [0.3, 0.4) is 0 Å². The van der Waals surface area contributed by atoms with E-state index in [1.807, 2.05) is 0 Å². The Hall–Kier alpha value is -4.93. The standard InChI is InChI=1S/C31H54N8O14/c1-14(2)23(30(51)39-24(16(4)41)31(52)53)38-25(46)15(3)34-29(50)20(13-40)37-27(48)18(7-5-6-12-32)36-28(49)19(9-11-22(44)45)35-26(47)17(33)8-10-21(42)43/h14-20,23-24,40-41H,5-13,32-33H2,1-4H3,(H,34,50)(H,35,47)(H,36,49)(H,37,48)(H,38,46)(H,39,51)(H,42,43)(H,44,45)(H,52,53)/t15-,16+,17-,18-,19-,20-,23-,24-/m0/s1. The molecule has 22 nitrogen and oxygen atoms in total. The van der Waals surface area contributed by atoms with Gasteiger partial charge in [0, 0.05) is 12.8 Å². The van der Waals surface area contributed by atoms with E-state index in [2.05, 4.69) is 31.9 Å². The van der Waals surface area contributed by atoms with Crippen LogP contribution >= 0.6 is 0 Å². The lowest BCUT2D eigenvalue weighted by Gasteiger charge is -2.27. The fourth-order valence-electron chi connectivity index (χ4n) is 4.55. The van der Waals surface area contributed by atoms with Crippen molar-refractivity contribution in [2.75, 3.05) is 13.2 Å². The molecule has 0 rings (SSSR count). The average Bonchev–Trinajstić information content (AvgIpc) is 3.07. The number of nitrogens with two attached hydrogens (primary N) is 2. The zero-order valence-electron chi connectivity index (χ0n) is 30.1. The summed E-state index contributed by atoms with van der Waals surface area (Å²) in [6.45, 7) is 4.71. The molecule has 8 atom stereocenters. The SMILES string of the molecule is CC(C)[C@H](NC(=O)[C@H](C)NC(=O)[C@H](CO)NC(=O)[C@H](CCCCN)NC(=O)[C@H](CCC(=O)O)NC(=O)[C@@H](N)CCC(=O)O)C(=O)N[C@H](C(=O)O)[C@@H](C)O. The molecule has 0 bridgehead atoms. The van der Waals surface area contributed by atoms with Crippen molar-refractivity contribution < 1.29 is 68.7 Å². The summed E-state index contributed by atoms with van der Waals surface area (Å²) in [6, 6.07) is -10.3. The summed E-state index contributed by atoms with van der Waals surface area (Å²) in [4.78, 5) is 111. The van der Waals surface area contributed by atoms with E-state index < -0.39 is 134 Å². The smallest absolute Gasteiger partial charge is 0.328 e. The monoisotopic (exact) mass is 762 g/mol. The van der Waals surface area contributed by atoms with Crippen LogP contribution in [0.2, 0.25) is 0 Å². The minimum atomic E-state index is -1.67. The lowest BCUT2D eigenvalue weighted by Crippen LogP contribution is -2.60. The summed E-state index contributed by atoms with van der Waals surface area (Å²) < 4.78 is 0. The van der Waals surface area contributed by atoms with Crippen molar-refractivity contribution in [3.63, 3.8) is 0 Å². The van der Waals surface area contributed by atoms with Gasteiger partial charge in [0.1, 0.15) is 30.2 Å². The first-order valence-electron chi connectivity index (χ1n) is 16.9. The van der Waals surface area contributed by atoms with Crippen LogP contribution in [-0.4, -0.2) is 140 Å². The second-order valence-electron chi connectivity index (χ2n) is 12.6. The van der Waals surface area contributed by atoms with Crippen molar-refractivity contribution in [2.24, 2.45) is 17.4 Å². The second-order valence-corrected chi connectivity index (χ2v) is 12.6. The highest BCUT2D eigenvalue weighted by atomic mass is 16.4. The zero-order chi connectivity index (χ0) is 41.0. The predicted molar refractivity (Wildman–Crippen MR) is 183 cm³/mol. The van der Waals surface area contributed by atoms with Crippen LogP contribution < -0.4 is 43.4 Å². The van der Waals surface area contributed by atoms with Crippen molar-refractivity contribution in [1.82, 2.24) is 31.9 Å². The van der Waals surface area contributed by atoms with Crippen molar-refractivity contribution >= 4 is 53.4 Å². The summed E-state index contributed by atoms with van der Waals surface area (Å²) in [5.74, 6) is -10.4.